The Hall–Kier alpha value is -2.41. The van der Waals surface area contributed by atoms with Gasteiger partial charge in [0.25, 0.3) is 0 Å². The zero-order chi connectivity index (χ0) is 23.4. The van der Waals surface area contributed by atoms with Crippen molar-refractivity contribution in [2.75, 3.05) is 19.7 Å². The zero-order valence-electron chi connectivity index (χ0n) is 19.5. The number of halogens is 1. The van der Waals surface area contributed by atoms with Crippen molar-refractivity contribution in [3.05, 3.63) is 52.0 Å². The zero-order valence-corrected chi connectivity index (χ0v) is 20.3. The third-order valence-corrected chi connectivity index (χ3v) is 8.06. The van der Waals surface area contributed by atoms with Gasteiger partial charge in [-0.15, -0.1) is 11.3 Å². The van der Waals surface area contributed by atoms with E-state index in [4.69, 9.17) is 4.74 Å². The number of para-hydroxylation sites is 1. The van der Waals surface area contributed by atoms with E-state index in [2.05, 4.69) is 0 Å². The predicted molar refractivity (Wildman–Crippen MR) is 128 cm³/mol. The number of fused-ring (bicyclic) bond motifs is 1. The molecule has 2 heterocycles. The summed E-state index contributed by atoms with van der Waals surface area (Å²) in [6.45, 7) is 4.90. The summed E-state index contributed by atoms with van der Waals surface area (Å²) in [4.78, 5) is 31.7. The van der Waals surface area contributed by atoms with E-state index in [-0.39, 0.29) is 48.7 Å². The lowest BCUT2D eigenvalue weighted by Crippen LogP contribution is -2.51. The second-order valence-corrected chi connectivity index (χ2v) is 10.1. The number of carbonyl (C=O) groups is 2. The van der Waals surface area contributed by atoms with Crippen LogP contribution in [0.1, 0.15) is 62.4 Å². The lowest BCUT2D eigenvalue weighted by Gasteiger charge is -2.38. The minimum atomic E-state index is -0.415. The SMILES string of the molecule is CC[C@H](C)N(CC(=O)N1CCc2sccc2[C@H]1COc1ccccc1F)C(=O)C1CCCC1. The molecule has 7 heteroatoms. The van der Waals surface area contributed by atoms with Crippen molar-refractivity contribution < 1.29 is 18.7 Å². The molecular weight excluding hydrogens is 439 g/mol. The fourth-order valence-corrected chi connectivity index (χ4v) is 5.85. The molecule has 0 bridgehead atoms. The third-order valence-electron chi connectivity index (χ3n) is 7.06. The van der Waals surface area contributed by atoms with E-state index in [1.807, 2.05) is 30.2 Å². The minimum Gasteiger partial charge on any atom is -0.488 e. The Balaban J connectivity index is 1.52. The summed E-state index contributed by atoms with van der Waals surface area (Å²) >= 11 is 1.68. The molecule has 2 amide bonds. The Morgan fingerprint density at radius 3 is 2.73 bits per heavy atom. The van der Waals surface area contributed by atoms with Crippen molar-refractivity contribution in [2.24, 2.45) is 5.92 Å². The van der Waals surface area contributed by atoms with Gasteiger partial charge in [0.15, 0.2) is 11.6 Å². The summed E-state index contributed by atoms with van der Waals surface area (Å²) in [7, 11) is 0. The number of carbonyl (C=O) groups excluding carboxylic acids is 2. The van der Waals surface area contributed by atoms with Crippen molar-refractivity contribution in [1.82, 2.24) is 9.80 Å². The van der Waals surface area contributed by atoms with Crippen LogP contribution in [-0.4, -0.2) is 47.4 Å². The predicted octanol–water partition coefficient (Wildman–Crippen LogP) is 5.21. The van der Waals surface area contributed by atoms with Crippen LogP contribution in [0, 0.1) is 11.7 Å². The molecule has 0 saturated heterocycles. The Labute approximate surface area is 199 Å². The highest BCUT2D eigenvalue weighted by Crippen LogP contribution is 2.35. The number of ether oxygens (including phenoxy) is 1. The van der Waals surface area contributed by atoms with E-state index in [0.29, 0.717) is 6.54 Å². The fraction of sp³-hybridized carbons (Fsp3) is 0.538. The molecule has 2 atom stereocenters. The van der Waals surface area contributed by atoms with Gasteiger partial charge in [0.05, 0.1) is 6.04 Å². The van der Waals surface area contributed by atoms with Crippen molar-refractivity contribution in [2.45, 2.75) is 64.5 Å². The molecule has 0 spiro atoms. The molecular formula is C26H33FN2O3S. The van der Waals surface area contributed by atoms with Crippen LogP contribution >= 0.6 is 11.3 Å². The van der Waals surface area contributed by atoms with Gasteiger partial charge in [-0.25, -0.2) is 4.39 Å². The van der Waals surface area contributed by atoms with Crippen LogP contribution in [0.25, 0.3) is 0 Å². The molecule has 1 aromatic heterocycles. The van der Waals surface area contributed by atoms with Gasteiger partial charge in [-0.3, -0.25) is 9.59 Å². The summed E-state index contributed by atoms with van der Waals surface area (Å²) < 4.78 is 20.0. The van der Waals surface area contributed by atoms with Crippen LogP contribution in [0.2, 0.25) is 0 Å². The first-order chi connectivity index (χ1) is 16.0. The second kappa shape index (κ2) is 10.7. The van der Waals surface area contributed by atoms with E-state index in [9.17, 15) is 14.0 Å². The molecule has 0 N–H and O–H groups in total. The van der Waals surface area contributed by atoms with Gasteiger partial charge in [-0.1, -0.05) is 31.9 Å². The van der Waals surface area contributed by atoms with E-state index in [0.717, 1.165) is 44.1 Å². The van der Waals surface area contributed by atoms with Gasteiger partial charge in [0.2, 0.25) is 11.8 Å². The summed E-state index contributed by atoms with van der Waals surface area (Å²) in [5.74, 6) is -0.147. The highest BCUT2D eigenvalue weighted by molar-refractivity contribution is 7.10. The molecule has 2 aliphatic rings. The number of benzene rings is 1. The number of amides is 2. The standard InChI is InChI=1S/C26H33FN2O3S/c1-3-18(2)29(26(31)19-8-4-5-9-19)16-25(30)28-14-12-24-20(13-15-33-24)22(28)17-32-23-11-7-6-10-21(23)27/h6-7,10-11,13,15,18-19,22H,3-5,8-9,12,14,16-17H2,1-2H3/t18-,22+/m0/s1. The van der Waals surface area contributed by atoms with Crippen molar-refractivity contribution >= 4 is 23.2 Å². The second-order valence-electron chi connectivity index (χ2n) is 9.10. The average Bonchev–Trinajstić information content (AvgIpc) is 3.53. The lowest BCUT2D eigenvalue weighted by molar-refractivity contribution is -0.146. The molecule has 5 nitrogen and oxygen atoms in total. The molecule has 0 radical (unpaired) electrons. The number of hydrogen-bond donors (Lipinski definition) is 0. The van der Waals surface area contributed by atoms with E-state index in [1.165, 1.54) is 10.9 Å². The molecule has 1 saturated carbocycles. The van der Waals surface area contributed by atoms with Crippen LogP contribution in [0.15, 0.2) is 35.7 Å². The number of rotatable bonds is 8. The topological polar surface area (TPSA) is 49.9 Å². The fourth-order valence-electron chi connectivity index (χ4n) is 4.92. The van der Waals surface area contributed by atoms with Crippen LogP contribution in [0.5, 0.6) is 5.75 Å². The number of hydrogen-bond acceptors (Lipinski definition) is 4. The normalized spacial score (nSPS) is 19.2. The monoisotopic (exact) mass is 472 g/mol. The maximum Gasteiger partial charge on any atom is 0.242 e. The first-order valence-corrected chi connectivity index (χ1v) is 12.9. The van der Waals surface area contributed by atoms with E-state index < -0.39 is 5.82 Å². The summed E-state index contributed by atoms with van der Waals surface area (Å²) in [5.41, 5.74) is 1.06. The molecule has 1 aliphatic carbocycles. The average molecular weight is 473 g/mol. The van der Waals surface area contributed by atoms with Crippen molar-refractivity contribution in [3.63, 3.8) is 0 Å². The first kappa shape index (κ1) is 23.7. The maximum absolute atomic E-state index is 14.1. The van der Waals surface area contributed by atoms with Crippen LogP contribution in [-0.2, 0) is 16.0 Å². The molecule has 0 unspecified atom stereocenters. The Morgan fingerprint density at radius 2 is 2.00 bits per heavy atom. The van der Waals surface area contributed by atoms with Gasteiger partial charge >= 0.3 is 0 Å². The quantitative estimate of drug-likeness (QED) is 0.530. The third kappa shape index (κ3) is 5.24. The maximum atomic E-state index is 14.1. The Kier molecular flexibility index (Phi) is 7.68. The van der Waals surface area contributed by atoms with Crippen LogP contribution < -0.4 is 4.74 Å². The van der Waals surface area contributed by atoms with E-state index >= 15 is 0 Å². The van der Waals surface area contributed by atoms with E-state index in [1.54, 1.807) is 34.4 Å². The Morgan fingerprint density at radius 1 is 1.24 bits per heavy atom. The van der Waals surface area contributed by atoms with Crippen LogP contribution in [0.4, 0.5) is 4.39 Å². The molecule has 1 aliphatic heterocycles. The highest BCUT2D eigenvalue weighted by atomic mass is 32.1. The largest absolute Gasteiger partial charge is 0.488 e. The first-order valence-electron chi connectivity index (χ1n) is 12.0. The highest BCUT2D eigenvalue weighted by Gasteiger charge is 2.36. The van der Waals surface area contributed by atoms with Gasteiger partial charge in [0, 0.05) is 23.4 Å². The summed E-state index contributed by atoms with van der Waals surface area (Å²) in [6, 6.07) is 8.07. The number of nitrogens with zero attached hydrogens (tertiary/aromatic N) is 2. The lowest BCUT2D eigenvalue weighted by atomic mass is 10.00. The molecule has 2 aromatic rings. The summed E-state index contributed by atoms with van der Waals surface area (Å²) in [6.07, 6.45) is 5.60. The van der Waals surface area contributed by atoms with Crippen LogP contribution in [0.3, 0.4) is 0 Å². The minimum absolute atomic E-state index is 0.0108. The van der Waals surface area contributed by atoms with Crippen molar-refractivity contribution in [1.29, 1.82) is 0 Å². The molecule has 33 heavy (non-hydrogen) atoms. The smallest absolute Gasteiger partial charge is 0.242 e. The molecule has 1 fully saturated rings. The number of thiophene rings is 1. The van der Waals surface area contributed by atoms with Gasteiger partial charge in [-0.2, -0.15) is 0 Å². The van der Waals surface area contributed by atoms with Gasteiger partial charge in [0.1, 0.15) is 13.2 Å². The van der Waals surface area contributed by atoms with Gasteiger partial charge < -0.3 is 14.5 Å². The molecule has 1 aromatic carbocycles. The summed E-state index contributed by atoms with van der Waals surface area (Å²) in [5, 5.41) is 2.03. The molecule has 4 rings (SSSR count). The molecule has 178 valence electrons. The van der Waals surface area contributed by atoms with Gasteiger partial charge in [-0.05, 0) is 61.7 Å². The Bertz CT molecular complexity index is 972. The van der Waals surface area contributed by atoms with Crippen molar-refractivity contribution in [3.8, 4) is 5.75 Å².